The van der Waals surface area contributed by atoms with E-state index in [-0.39, 0.29) is 0 Å². The molecule has 6 heteroatoms. The van der Waals surface area contributed by atoms with Crippen molar-refractivity contribution in [3.8, 4) is 0 Å². The zero-order valence-corrected chi connectivity index (χ0v) is 5.60. The van der Waals surface area contributed by atoms with Gasteiger partial charge in [-0.3, -0.25) is 9.59 Å². The molecule has 0 aromatic carbocycles. The first-order valence-electron chi connectivity index (χ1n) is 2.83. The van der Waals surface area contributed by atoms with Crippen LogP contribution in [0.25, 0.3) is 0 Å². The molecule has 2 atom stereocenters. The van der Waals surface area contributed by atoms with Crippen molar-refractivity contribution in [2.75, 3.05) is 0 Å². The normalized spacial score (nSPS) is 15.5. The minimum atomic E-state index is -1.54. The predicted molar refractivity (Wildman–Crippen MR) is 33.9 cm³/mol. The Morgan fingerprint density at radius 2 is 1.82 bits per heavy atom. The molecule has 0 saturated carbocycles. The largest absolute Gasteiger partial charge is 0.481 e. The second kappa shape index (κ2) is 3.89. The van der Waals surface area contributed by atoms with Gasteiger partial charge >= 0.3 is 11.9 Å². The van der Waals surface area contributed by atoms with Gasteiger partial charge in [0, 0.05) is 0 Å². The fourth-order valence-corrected chi connectivity index (χ4v) is 0.470. The number of hydrogen-bond acceptors (Lipinski definition) is 4. The van der Waals surface area contributed by atoms with Gasteiger partial charge in [-0.2, -0.15) is 0 Å². The summed E-state index contributed by atoms with van der Waals surface area (Å²) in [5, 5.41) is 25.1. The summed E-state index contributed by atoms with van der Waals surface area (Å²) in [4.78, 5) is 20.0. The van der Waals surface area contributed by atoms with Crippen LogP contribution in [0, 0.1) is 0 Å². The van der Waals surface area contributed by atoms with E-state index in [0.717, 1.165) is 0 Å². The molecular formula is C5H9NO5. The van der Waals surface area contributed by atoms with Gasteiger partial charge in [-0.05, 0) is 0 Å². The highest BCUT2D eigenvalue weighted by molar-refractivity contribution is 5.76. The SMILES string of the molecule is N[C@@H](C(=O)O)[C@@H](O)CC(=O)O. The zero-order chi connectivity index (χ0) is 9.02. The van der Waals surface area contributed by atoms with Crippen molar-refractivity contribution in [2.45, 2.75) is 18.6 Å². The first-order valence-corrected chi connectivity index (χ1v) is 2.83. The number of aliphatic hydroxyl groups is 1. The Hall–Kier alpha value is -1.14. The van der Waals surface area contributed by atoms with Crippen LogP contribution in [0.3, 0.4) is 0 Å². The van der Waals surface area contributed by atoms with Gasteiger partial charge in [0.1, 0.15) is 6.04 Å². The van der Waals surface area contributed by atoms with Gasteiger partial charge in [0.15, 0.2) is 0 Å². The van der Waals surface area contributed by atoms with E-state index >= 15 is 0 Å². The van der Waals surface area contributed by atoms with E-state index < -0.39 is 30.5 Å². The third kappa shape index (κ3) is 3.54. The quantitative estimate of drug-likeness (QED) is 0.389. The van der Waals surface area contributed by atoms with E-state index in [1.54, 1.807) is 0 Å². The first kappa shape index (κ1) is 9.86. The molecule has 0 aliphatic heterocycles. The van der Waals surface area contributed by atoms with Crippen LogP contribution < -0.4 is 5.73 Å². The average Bonchev–Trinajstić information content (AvgIpc) is 1.84. The molecule has 0 aliphatic carbocycles. The number of aliphatic carboxylic acids is 2. The molecule has 0 aromatic rings. The van der Waals surface area contributed by atoms with E-state index in [0.29, 0.717) is 0 Å². The van der Waals surface area contributed by atoms with E-state index in [2.05, 4.69) is 0 Å². The molecule has 0 heterocycles. The highest BCUT2D eigenvalue weighted by Crippen LogP contribution is 1.96. The third-order valence-electron chi connectivity index (χ3n) is 1.08. The van der Waals surface area contributed by atoms with Gasteiger partial charge in [-0.1, -0.05) is 0 Å². The maximum absolute atomic E-state index is 10.0. The second-order valence-electron chi connectivity index (χ2n) is 2.03. The van der Waals surface area contributed by atoms with Crippen LogP contribution in [0.4, 0.5) is 0 Å². The summed E-state index contributed by atoms with van der Waals surface area (Å²) in [5.74, 6) is -2.70. The van der Waals surface area contributed by atoms with Crippen molar-refractivity contribution < 1.29 is 24.9 Å². The molecule has 11 heavy (non-hydrogen) atoms. The van der Waals surface area contributed by atoms with Crippen molar-refractivity contribution in [1.29, 1.82) is 0 Å². The molecule has 0 bridgehead atoms. The molecule has 0 spiro atoms. The molecule has 0 fully saturated rings. The highest BCUT2D eigenvalue weighted by Gasteiger charge is 2.23. The molecule has 0 aliphatic rings. The molecule has 64 valence electrons. The maximum Gasteiger partial charge on any atom is 0.323 e. The Labute approximate surface area is 62.2 Å². The van der Waals surface area contributed by atoms with Crippen LogP contribution in [0.1, 0.15) is 6.42 Å². The van der Waals surface area contributed by atoms with Crippen LogP contribution in [0.5, 0.6) is 0 Å². The lowest BCUT2D eigenvalue weighted by atomic mass is 10.1. The second-order valence-corrected chi connectivity index (χ2v) is 2.03. The average molecular weight is 163 g/mol. The number of aliphatic hydroxyl groups excluding tert-OH is 1. The van der Waals surface area contributed by atoms with Crippen LogP contribution in [0.2, 0.25) is 0 Å². The van der Waals surface area contributed by atoms with E-state index in [1.165, 1.54) is 0 Å². The van der Waals surface area contributed by atoms with Crippen LogP contribution in [-0.2, 0) is 9.59 Å². The molecule has 0 unspecified atom stereocenters. The van der Waals surface area contributed by atoms with Gasteiger partial charge in [-0.15, -0.1) is 0 Å². The zero-order valence-electron chi connectivity index (χ0n) is 5.60. The predicted octanol–water partition coefficient (Wildman–Crippen LogP) is -1.77. The Kier molecular flexibility index (Phi) is 3.49. The lowest BCUT2D eigenvalue weighted by molar-refractivity contribution is -0.144. The molecule has 0 saturated heterocycles. The molecule has 0 rings (SSSR count). The number of carboxylic acids is 2. The Balaban J connectivity index is 3.92. The number of carboxylic acid groups (broad SMARTS) is 2. The van der Waals surface area contributed by atoms with E-state index in [1.807, 2.05) is 0 Å². The van der Waals surface area contributed by atoms with Gasteiger partial charge in [0.25, 0.3) is 0 Å². The van der Waals surface area contributed by atoms with Gasteiger partial charge in [-0.25, -0.2) is 0 Å². The van der Waals surface area contributed by atoms with Crippen molar-refractivity contribution in [2.24, 2.45) is 5.73 Å². The van der Waals surface area contributed by atoms with Crippen molar-refractivity contribution >= 4 is 11.9 Å². The summed E-state index contributed by atoms with van der Waals surface area (Å²) in [7, 11) is 0. The molecule has 6 nitrogen and oxygen atoms in total. The summed E-state index contributed by atoms with van der Waals surface area (Å²) in [5.41, 5.74) is 4.90. The van der Waals surface area contributed by atoms with Gasteiger partial charge in [0.05, 0.1) is 12.5 Å². The van der Waals surface area contributed by atoms with Crippen LogP contribution >= 0.6 is 0 Å². The first-order chi connectivity index (χ1) is 4.95. The minimum absolute atomic E-state index is 0.659. The summed E-state index contributed by atoms with van der Waals surface area (Å²) in [6, 6.07) is -1.54. The number of hydrogen-bond donors (Lipinski definition) is 4. The number of rotatable bonds is 4. The molecule has 0 radical (unpaired) electrons. The van der Waals surface area contributed by atoms with Crippen LogP contribution in [-0.4, -0.2) is 39.4 Å². The van der Waals surface area contributed by atoms with Crippen molar-refractivity contribution in [3.05, 3.63) is 0 Å². The number of nitrogens with two attached hydrogens (primary N) is 1. The monoisotopic (exact) mass is 163 g/mol. The summed E-state index contributed by atoms with van der Waals surface area (Å²) >= 11 is 0. The third-order valence-corrected chi connectivity index (χ3v) is 1.08. The smallest absolute Gasteiger partial charge is 0.323 e. The van der Waals surface area contributed by atoms with E-state index in [4.69, 9.17) is 21.1 Å². The van der Waals surface area contributed by atoms with E-state index in [9.17, 15) is 9.59 Å². The lowest BCUT2D eigenvalue weighted by Gasteiger charge is -2.11. The summed E-state index contributed by atoms with van der Waals surface area (Å²) < 4.78 is 0. The highest BCUT2D eigenvalue weighted by atomic mass is 16.4. The van der Waals surface area contributed by atoms with Crippen molar-refractivity contribution in [1.82, 2.24) is 0 Å². The lowest BCUT2D eigenvalue weighted by Crippen LogP contribution is -2.42. The van der Waals surface area contributed by atoms with Crippen molar-refractivity contribution in [3.63, 3.8) is 0 Å². The van der Waals surface area contributed by atoms with Crippen LogP contribution in [0.15, 0.2) is 0 Å². The Bertz CT molecular complexity index is 168. The molecule has 5 N–H and O–H groups in total. The fourth-order valence-electron chi connectivity index (χ4n) is 0.470. The van der Waals surface area contributed by atoms with Gasteiger partial charge < -0.3 is 21.1 Å². The molecule has 0 aromatic heterocycles. The van der Waals surface area contributed by atoms with Gasteiger partial charge in [0.2, 0.25) is 0 Å². The summed E-state index contributed by atoms with van der Waals surface area (Å²) in [6.07, 6.45) is -2.20. The fraction of sp³-hybridized carbons (Fsp3) is 0.600. The Morgan fingerprint density at radius 1 is 1.36 bits per heavy atom. The molecule has 0 amide bonds. The standard InChI is InChI=1S/C5H9NO5/c6-4(5(10)11)2(7)1-3(8)9/h2,4,7H,1,6H2,(H,8,9)(H,10,11)/t2-,4+/m0/s1. The number of carbonyl (C=O) groups is 2. The Morgan fingerprint density at radius 3 is 2.09 bits per heavy atom. The topological polar surface area (TPSA) is 121 Å². The summed E-state index contributed by atoms with van der Waals surface area (Å²) in [6.45, 7) is 0. The molecular weight excluding hydrogens is 154 g/mol. The maximum atomic E-state index is 10.0. The minimum Gasteiger partial charge on any atom is -0.481 e.